The second kappa shape index (κ2) is 4.32. The van der Waals surface area contributed by atoms with E-state index in [1.165, 1.54) is 12.1 Å². The summed E-state index contributed by atoms with van der Waals surface area (Å²) in [6.45, 7) is 0. The number of hydrogen-bond acceptors (Lipinski definition) is 1. The third-order valence-electron chi connectivity index (χ3n) is 2.08. The summed E-state index contributed by atoms with van der Waals surface area (Å²) in [5.41, 5.74) is 1.19. The minimum atomic E-state index is -0.508. The van der Waals surface area contributed by atoms with Crippen molar-refractivity contribution in [3.8, 4) is 16.9 Å². The van der Waals surface area contributed by atoms with Crippen LogP contribution in [-0.4, -0.2) is 5.11 Å². The number of benzene rings is 2. The molecule has 0 radical (unpaired) electrons. The molecule has 0 saturated carbocycles. The fourth-order valence-corrected chi connectivity index (χ4v) is 1.99. The summed E-state index contributed by atoms with van der Waals surface area (Å²) in [6.07, 6.45) is 0. The quantitative estimate of drug-likeness (QED) is 0.797. The van der Waals surface area contributed by atoms with Crippen LogP contribution in [-0.2, 0) is 0 Å². The minimum absolute atomic E-state index is 0.133. The molecule has 4 heteroatoms. The van der Waals surface area contributed by atoms with Crippen LogP contribution < -0.4 is 0 Å². The molecule has 1 nitrogen and oxygen atoms in total. The van der Waals surface area contributed by atoms with Crippen LogP contribution in [0.4, 0.5) is 4.39 Å². The van der Waals surface area contributed by atoms with Crippen molar-refractivity contribution in [1.29, 1.82) is 0 Å². The highest BCUT2D eigenvalue weighted by Gasteiger charge is 2.04. The molecule has 0 aliphatic carbocycles. The molecule has 0 aromatic heterocycles. The molecule has 0 aliphatic heterocycles. The summed E-state index contributed by atoms with van der Waals surface area (Å²) >= 11 is 11.7. The van der Waals surface area contributed by atoms with E-state index in [2.05, 4.69) is 0 Å². The molecule has 0 saturated heterocycles. The molecule has 16 heavy (non-hydrogen) atoms. The van der Waals surface area contributed by atoms with Crippen LogP contribution in [0, 0.1) is 5.82 Å². The van der Waals surface area contributed by atoms with Gasteiger partial charge in [0.2, 0.25) is 0 Å². The molecule has 0 atom stereocenters. The van der Waals surface area contributed by atoms with Gasteiger partial charge in [-0.15, -0.1) is 0 Å². The van der Waals surface area contributed by atoms with Gasteiger partial charge in [-0.25, -0.2) is 4.39 Å². The van der Waals surface area contributed by atoms with Crippen molar-refractivity contribution in [2.75, 3.05) is 0 Å². The second-order valence-electron chi connectivity index (χ2n) is 3.36. The van der Waals surface area contributed by atoms with Crippen molar-refractivity contribution in [2.45, 2.75) is 0 Å². The van der Waals surface area contributed by atoms with E-state index < -0.39 is 5.82 Å². The van der Waals surface area contributed by atoms with Gasteiger partial charge in [0.05, 0.1) is 0 Å². The molecule has 2 aromatic carbocycles. The van der Waals surface area contributed by atoms with Gasteiger partial charge >= 0.3 is 0 Å². The molecule has 0 heterocycles. The summed E-state index contributed by atoms with van der Waals surface area (Å²) in [5.74, 6) is -0.641. The van der Waals surface area contributed by atoms with Gasteiger partial charge in [0.15, 0.2) is 0 Å². The third kappa shape index (κ3) is 2.46. The first-order valence-electron chi connectivity index (χ1n) is 4.50. The van der Waals surface area contributed by atoms with Gasteiger partial charge in [-0.3, -0.25) is 0 Å². The second-order valence-corrected chi connectivity index (χ2v) is 4.23. The minimum Gasteiger partial charge on any atom is -0.508 e. The van der Waals surface area contributed by atoms with Crippen LogP contribution in [0.1, 0.15) is 0 Å². The van der Waals surface area contributed by atoms with Crippen LogP contribution in [0.5, 0.6) is 5.75 Å². The number of phenolic OH excluding ortho intramolecular Hbond substituents is 1. The first-order chi connectivity index (χ1) is 7.54. The molecule has 0 fully saturated rings. The molecule has 0 unspecified atom stereocenters. The lowest BCUT2D eigenvalue weighted by Crippen LogP contribution is -1.81. The molecule has 1 N–H and O–H groups in total. The zero-order valence-corrected chi connectivity index (χ0v) is 9.56. The fraction of sp³-hybridized carbons (Fsp3) is 0. The molecule has 0 aliphatic rings. The van der Waals surface area contributed by atoms with Gasteiger partial charge < -0.3 is 5.11 Å². The SMILES string of the molecule is Oc1cc(F)cc(-c2cc(Cl)cc(Cl)c2)c1. The van der Waals surface area contributed by atoms with Crippen molar-refractivity contribution in [1.82, 2.24) is 0 Å². The monoisotopic (exact) mass is 256 g/mol. The summed E-state index contributed by atoms with van der Waals surface area (Å²) in [5, 5.41) is 10.2. The molecule has 0 bridgehead atoms. The Labute approximate surface area is 102 Å². The van der Waals surface area contributed by atoms with E-state index in [0.717, 1.165) is 6.07 Å². The highest BCUT2D eigenvalue weighted by atomic mass is 35.5. The first kappa shape index (κ1) is 11.2. The van der Waals surface area contributed by atoms with Crippen molar-refractivity contribution in [2.24, 2.45) is 0 Å². The van der Waals surface area contributed by atoms with Crippen LogP contribution in [0.3, 0.4) is 0 Å². The fourth-order valence-electron chi connectivity index (χ4n) is 1.46. The van der Waals surface area contributed by atoms with Crippen LogP contribution in [0.2, 0.25) is 10.0 Å². The maximum Gasteiger partial charge on any atom is 0.127 e. The molecule has 2 rings (SSSR count). The Morgan fingerprint density at radius 3 is 1.94 bits per heavy atom. The van der Waals surface area contributed by atoms with Crippen molar-refractivity contribution < 1.29 is 9.50 Å². The highest BCUT2D eigenvalue weighted by molar-refractivity contribution is 6.35. The number of hydrogen-bond donors (Lipinski definition) is 1. The van der Waals surface area contributed by atoms with Gasteiger partial charge in [-0.05, 0) is 41.5 Å². The largest absolute Gasteiger partial charge is 0.508 e. The molecule has 82 valence electrons. The van der Waals surface area contributed by atoms with E-state index in [4.69, 9.17) is 23.2 Å². The maximum atomic E-state index is 13.1. The summed E-state index contributed by atoms with van der Waals surface area (Å²) in [6, 6.07) is 8.69. The van der Waals surface area contributed by atoms with Crippen molar-refractivity contribution in [3.63, 3.8) is 0 Å². The summed E-state index contributed by atoms with van der Waals surface area (Å²) in [4.78, 5) is 0. The maximum absolute atomic E-state index is 13.1. The van der Waals surface area contributed by atoms with Gasteiger partial charge in [-0.2, -0.15) is 0 Å². The highest BCUT2D eigenvalue weighted by Crippen LogP contribution is 2.29. The number of rotatable bonds is 1. The molecular weight excluding hydrogens is 250 g/mol. The predicted molar refractivity (Wildman–Crippen MR) is 63.5 cm³/mol. The van der Waals surface area contributed by atoms with Crippen LogP contribution >= 0.6 is 23.2 Å². The Morgan fingerprint density at radius 1 is 0.812 bits per heavy atom. The average molecular weight is 257 g/mol. The Morgan fingerprint density at radius 2 is 1.38 bits per heavy atom. The number of phenols is 1. The third-order valence-corrected chi connectivity index (χ3v) is 2.51. The van der Waals surface area contributed by atoms with Gasteiger partial charge in [-0.1, -0.05) is 23.2 Å². The van der Waals surface area contributed by atoms with Gasteiger partial charge in [0.1, 0.15) is 11.6 Å². The first-order valence-corrected chi connectivity index (χ1v) is 5.26. The van der Waals surface area contributed by atoms with E-state index >= 15 is 0 Å². The van der Waals surface area contributed by atoms with Crippen molar-refractivity contribution in [3.05, 3.63) is 52.3 Å². The standard InChI is InChI=1S/C12H7Cl2FO/c13-9-1-7(2-10(14)5-9)8-3-11(15)6-12(16)4-8/h1-6,16H. The predicted octanol–water partition coefficient (Wildman–Crippen LogP) is 4.51. The Hall–Kier alpha value is -1.25. The van der Waals surface area contributed by atoms with E-state index in [1.54, 1.807) is 18.2 Å². The van der Waals surface area contributed by atoms with Gasteiger partial charge in [0, 0.05) is 16.1 Å². The van der Waals surface area contributed by atoms with E-state index in [1.807, 2.05) is 0 Å². The topological polar surface area (TPSA) is 20.2 Å². The normalized spacial score (nSPS) is 10.4. The van der Waals surface area contributed by atoms with E-state index in [9.17, 15) is 9.50 Å². The van der Waals surface area contributed by atoms with Crippen LogP contribution in [0.15, 0.2) is 36.4 Å². The molecular formula is C12H7Cl2FO. The lowest BCUT2D eigenvalue weighted by Gasteiger charge is -2.04. The van der Waals surface area contributed by atoms with Crippen molar-refractivity contribution >= 4 is 23.2 Å². The Bertz CT molecular complexity index is 451. The Kier molecular flexibility index (Phi) is 3.03. The number of halogens is 3. The van der Waals surface area contributed by atoms with E-state index in [0.29, 0.717) is 21.2 Å². The lowest BCUT2D eigenvalue weighted by atomic mass is 10.1. The zero-order valence-electron chi connectivity index (χ0n) is 8.05. The summed E-state index contributed by atoms with van der Waals surface area (Å²) < 4.78 is 13.1. The van der Waals surface area contributed by atoms with Gasteiger partial charge in [0.25, 0.3) is 0 Å². The summed E-state index contributed by atoms with van der Waals surface area (Å²) in [7, 11) is 0. The smallest absolute Gasteiger partial charge is 0.127 e. The Balaban J connectivity index is 2.57. The average Bonchev–Trinajstić information content (AvgIpc) is 2.14. The van der Waals surface area contributed by atoms with Crippen LogP contribution in [0.25, 0.3) is 11.1 Å². The molecule has 2 aromatic rings. The molecule has 0 amide bonds. The number of aromatic hydroxyl groups is 1. The molecule has 0 spiro atoms. The van der Waals surface area contributed by atoms with E-state index in [-0.39, 0.29) is 5.75 Å². The zero-order chi connectivity index (χ0) is 11.7. The lowest BCUT2D eigenvalue weighted by molar-refractivity contribution is 0.469.